The van der Waals surface area contributed by atoms with Crippen molar-refractivity contribution in [3.8, 4) is 0 Å². The number of rotatable bonds is 0. The fourth-order valence-corrected chi connectivity index (χ4v) is 1.84. The molecule has 0 spiro atoms. The maximum atomic E-state index is 5.75. The number of halogens is 4. The van der Waals surface area contributed by atoms with Crippen LogP contribution in [0.25, 0.3) is 22.1 Å². The van der Waals surface area contributed by atoms with E-state index < -0.39 is 0 Å². The van der Waals surface area contributed by atoms with Crippen molar-refractivity contribution in [2.75, 3.05) is 22.9 Å². The lowest BCUT2D eigenvalue weighted by molar-refractivity contribution is 1.40. The number of nitrogens with two attached hydrogens (primary N) is 4. The quantitative estimate of drug-likeness (QED) is 0.347. The lowest BCUT2D eigenvalue weighted by Gasteiger charge is -2.06. The van der Waals surface area contributed by atoms with Crippen LogP contribution in [0.1, 0.15) is 0 Å². The van der Waals surface area contributed by atoms with Crippen LogP contribution in [0.5, 0.6) is 0 Å². The van der Waals surface area contributed by atoms with Crippen molar-refractivity contribution in [2.24, 2.45) is 0 Å². The van der Waals surface area contributed by atoms with Gasteiger partial charge in [0.2, 0.25) is 0 Å². The Morgan fingerprint density at radius 1 is 0.455 bits per heavy atom. The van der Waals surface area contributed by atoms with Crippen LogP contribution in [0.4, 0.5) is 22.7 Å². The smallest absolute Gasteiger partial charge is 0.0916 e. The van der Waals surface area contributed by atoms with Crippen molar-refractivity contribution in [3.63, 3.8) is 0 Å². The third-order valence-electron chi connectivity index (χ3n) is 2.84. The van der Waals surface area contributed by atoms with Crippen LogP contribution in [0.15, 0.2) is 24.3 Å². The average Bonchev–Trinajstić information content (AvgIpc) is 2.31. The number of benzene rings is 2. The van der Waals surface area contributed by atoms with E-state index in [9.17, 15) is 0 Å². The number of aromatic nitrogens is 2. The van der Waals surface area contributed by atoms with Gasteiger partial charge in [-0.1, -0.05) is 0 Å². The van der Waals surface area contributed by atoms with E-state index in [0.29, 0.717) is 44.8 Å². The lowest BCUT2D eigenvalue weighted by Crippen LogP contribution is -1.98. The second-order valence-electron chi connectivity index (χ2n) is 4.16. The Bertz CT molecular complexity index is 667. The van der Waals surface area contributed by atoms with Crippen LogP contribution in [0.2, 0.25) is 0 Å². The van der Waals surface area contributed by atoms with E-state index in [1.807, 2.05) is 0 Å². The molecule has 3 aromatic rings. The molecule has 0 aliphatic heterocycles. The number of anilines is 4. The van der Waals surface area contributed by atoms with Gasteiger partial charge in [-0.05, 0) is 24.3 Å². The van der Waals surface area contributed by atoms with Crippen molar-refractivity contribution in [1.29, 1.82) is 0 Å². The summed E-state index contributed by atoms with van der Waals surface area (Å²) in [5.74, 6) is 0. The van der Waals surface area contributed by atoms with E-state index in [-0.39, 0.29) is 49.6 Å². The Kier molecular flexibility index (Phi) is 8.39. The Hall–Kier alpha value is -1.60. The van der Waals surface area contributed by atoms with Crippen molar-refractivity contribution >= 4 is 94.4 Å². The van der Waals surface area contributed by atoms with Gasteiger partial charge in [0.05, 0.1) is 44.8 Å². The summed E-state index contributed by atoms with van der Waals surface area (Å²) in [7, 11) is 0. The summed E-state index contributed by atoms with van der Waals surface area (Å²) < 4.78 is 0. The molecule has 0 aliphatic carbocycles. The molecule has 2 aromatic carbocycles. The molecule has 122 valence electrons. The van der Waals surface area contributed by atoms with E-state index >= 15 is 0 Å². The van der Waals surface area contributed by atoms with Gasteiger partial charge < -0.3 is 22.9 Å². The van der Waals surface area contributed by atoms with Gasteiger partial charge in [-0.25, -0.2) is 9.97 Å². The van der Waals surface area contributed by atoms with Gasteiger partial charge in [-0.15, -0.1) is 49.6 Å². The highest BCUT2D eigenvalue weighted by Gasteiger charge is 2.06. The van der Waals surface area contributed by atoms with E-state index in [1.165, 1.54) is 0 Å². The number of hydrogen-bond acceptors (Lipinski definition) is 6. The molecule has 0 saturated carbocycles. The summed E-state index contributed by atoms with van der Waals surface area (Å²) in [6, 6.07) is 6.79. The normalized spacial score (nSPS) is 9.09. The molecule has 8 N–H and O–H groups in total. The molecular formula is C12H16Cl4N6. The fourth-order valence-electron chi connectivity index (χ4n) is 1.84. The van der Waals surface area contributed by atoms with Gasteiger partial charge in [-0.3, -0.25) is 0 Å². The minimum atomic E-state index is 0. The van der Waals surface area contributed by atoms with E-state index in [1.54, 1.807) is 24.3 Å². The number of nitrogens with zero attached hydrogens (tertiary/aromatic N) is 2. The summed E-state index contributed by atoms with van der Waals surface area (Å²) in [5.41, 5.74) is 27.6. The Labute approximate surface area is 151 Å². The summed E-state index contributed by atoms with van der Waals surface area (Å²) in [6.07, 6.45) is 0. The van der Waals surface area contributed by atoms with Gasteiger partial charge >= 0.3 is 0 Å². The van der Waals surface area contributed by atoms with Crippen LogP contribution in [0, 0.1) is 0 Å². The summed E-state index contributed by atoms with van der Waals surface area (Å²) in [5, 5.41) is 0. The zero-order valence-electron chi connectivity index (χ0n) is 11.1. The van der Waals surface area contributed by atoms with Crippen LogP contribution >= 0.6 is 49.6 Å². The molecular weight excluding hydrogens is 370 g/mol. The predicted octanol–water partition coefficient (Wildman–Crippen LogP) is 2.80. The number of fused-ring (bicyclic) bond motifs is 2. The topological polar surface area (TPSA) is 130 Å². The van der Waals surface area contributed by atoms with Crippen LogP contribution in [-0.4, -0.2) is 9.97 Å². The highest BCUT2D eigenvalue weighted by molar-refractivity contribution is 5.94. The van der Waals surface area contributed by atoms with Crippen LogP contribution < -0.4 is 22.9 Å². The molecule has 3 rings (SSSR count). The largest absolute Gasteiger partial charge is 0.397 e. The molecule has 1 aromatic heterocycles. The highest BCUT2D eigenvalue weighted by atomic mass is 35.5. The maximum Gasteiger partial charge on any atom is 0.0916 e. The molecule has 0 atom stereocenters. The third-order valence-corrected chi connectivity index (χ3v) is 2.84. The zero-order valence-corrected chi connectivity index (χ0v) is 14.4. The minimum Gasteiger partial charge on any atom is -0.397 e. The summed E-state index contributed by atoms with van der Waals surface area (Å²) in [6.45, 7) is 0. The molecule has 1 heterocycles. The van der Waals surface area contributed by atoms with Crippen LogP contribution in [-0.2, 0) is 0 Å². The first kappa shape index (κ1) is 22.7. The fraction of sp³-hybridized carbons (Fsp3) is 0. The van der Waals surface area contributed by atoms with Gasteiger partial charge in [0, 0.05) is 0 Å². The average molecular weight is 386 g/mol. The van der Waals surface area contributed by atoms with Crippen molar-refractivity contribution in [1.82, 2.24) is 9.97 Å². The molecule has 0 bridgehead atoms. The monoisotopic (exact) mass is 384 g/mol. The molecule has 6 nitrogen and oxygen atoms in total. The second kappa shape index (κ2) is 8.14. The molecule has 0 aliphatic rings. The first-order valence-corrected chi connectivity index (χ1v) is 5.36. The SMILES string of the molecule is Cl.Cl.Cl.Cl.Nc1cc2nc3cc(N)c(N)cc3nc2cc1N. The second-order valence-corrected chi connectivity index (χ2v) is 4.16. The predicted molar refractivity (Wildman–Crippen MR) is 104 cm³/mol. The molecule has 0 amide bonds. The summed E-state index contributed by atoms with van der Waals surface area (Å²) >= 11 is 0. The molecule has 0 unspecified atom stereocenters. The molecule has 0 saturated heterocycles. The minimum absolute atomic E-state index is 0. The first-order chi connectivity index (χ1) is 8.54. The van der Waals surface area contributed by atoms with Crippen molar-refractivity contribution < 1.29 is 0 Å². The maximum absolute atomic E-state index is 5.75. The van der Waals surface area contributed by atoms with E-state index in [4.69, 9.17) is 22.9 Å². The Morgan fingerprint density at radius 2 is 0.636 bits per heavy atom. The number of hydrogen-bond donors (Lipinski definition) is 4. The first-order valence-electron chi connectivity index (χ1n) is 5.36. The molecule has 0 radical (unpaired) electrons. The van der Waals surface area contributed by atoms with Gasteiger partial charge in [0.25, 0.3) is 0 Å². The lowest BCUT2D eigenvalue weighted by atomic mass is 10.2. The molecule has 10 heteroatoms. The molecule has 0 fully saturated rings. The molecule has 22 heavy (non-hydrogen) atoms. The van der Waals surface area contributed by atoms with E-state index in [2.05, 4.69) is 9.97 Å². The van der Waals surface area contributed by atoms with Gasteiger partial charge in [0.1, 0.15) is 0 Å². The zero-order chi connectivity index (χ0) is 12.9. The highest BCUT2D eigenvalue weighted by Crippen LogP contribution is 2.26. The van der Waals surface area contributed by atoms with E-state index in [0.717, 1.165) is 0 Å². The standard InChI is InChI=1S/C12H12N6.4ClH/c13-5-1-9-10(2-6(5)14)18-12-4-8(16)7(15)3-11(12)17-9;;;;/h1-4H,13-16H2;4*1H. The van der Waals surface area contributed by atoms with Crippen LogP contribution in [0.3, 0.4) is 0 Å². The third kappa shape index (κ3) is 3.78. The van der Waals surface area contributed by atoms with Crippen molar-refractivity contribution in [3.05, 3.63) is 24.3 Å². The van der Waals surface area contributed by atoms with Crippen molar-refractivity contribution in [2.45, 2.75) is 0 Å². The Morgan fingerprint density at radius 3 is 0.818 bits per heavy atom. The van der Waals surface area contributed by atoms with Gasteiger partial charge in [-0.2, -0.15) is 0 Å². The number of nitrogen functional groups attached to an aromatic ring is 4. The Balaban J connectivity index is 0. The van der Waals surface area contributed by atoms with Gasteiger partial charge in [0.15, 0.2) is 0 Å². The summed E-state index contributed by atoms with van der Waals surface area (Å²) in [4.78, 5) is 8.90.